The first-order valence-electron chi connectivity index (χ1n) is 10.1. The molecule has 3 rings (SSSR count). The van der Waals surface area contributed by atoms with Gasteiger partial charge in [-0.15, -0.1) is 10.2 Å². The Morgan fingerprint density at radius 3 is 2.45 bits per heavy atom. The fourth-order valence-electron chi connectivity index (χ4n) is 3.08. The van der Waals surface area contributed by atoms with E-state index in [9.17, 15) is 4.79 Å². The Hall–Kier alpha value is -2.84. The largest absolute Gasteiger partial charge is 0.497 e. The number of nitrogens with zero attached hydrogens (tertiary/aromatic N) is 3. The van der Waals surface area contributed by atoms with Crippen LogP contribution in [0.1, 0.15) is 24.1 Å². The quantitative estimate of drug-likeness (QED) is 0.480. The number of hydrogen-bond acceptors (Lipinski definition) is 7. The highest BCUT2D eigenvalue weighted by Crippen LogP contribution is 2.25. The van der Waals surface area contributed by atoms with Crippen LogP contribution >= 0.6 is 11.8 Å². The van der Waals surface area contributed by atoms with Crippen molar-refractivity contribution >= 4 is 17.7 Å². The molecule has 0 radical (unpaired) electrons. The molecule has 1 aromatic heterocycles. The molecule has 3 aromatic rings. The van der Waals surface area contributed by atoms with E-state index in [4.69, 9.17) is 9.15 Å². The summed E-state index contributed by atoms with van der Waals surface area (Å²) in [6.07, 6.45) is 1.01. The molecule has 0 fully saturated rings. The first-order chi connectivity index (χ1) is 15.0. The van der Waals surface area contributed by atoms with Crippen molar-refractivity contribution in [1.82, 2.24) is 20.4 Å². The third-order valence-electron chi connectivity index (χ3n) is 4.96. The van der Waals surface area contributed by atoms with Gasteiger partial charge in [0.2, 0.25) is 11.8 Å². The number of benzene rings is 2. The van der Waals surface area contributed by atoms with Crippen LogP contribution in [0, 0.1) is 0 Å². The summed E-state index contributed by atoms with van der Waals surface area (Å²) in [5.74, 6) is 1.30. The highest BCUT2D eigenvalue weighted by molar-refractivity contribution is 7.99. The Morgan fingerprint density at radius 2 is 1.84 bits per heavy atom. The van der Waals surface area contributed by atoms with E-state index in [2.05, 4.69) is 51.6 Å². The van der Waals surface area contributed by atoms with Crippen LogP contribution in [0.2, 0.25) is 0 Å². The second kappa shape index (κ2) is 11.0. The van der Waals surface area contributed by atoms with Gasteiger partial charge in [0.25, 0.3) is 5.22 Å². The van der Waals surface area contributed by atoms with Gasteiger partial charge in [0.05, 0.1) is 18.9 Å². The molecule has 31 heavy (non-hydrogen) atoms. The predicted octanol–water partition coefficient (Wildman–Crippen LogP) is 3.82. The number of carbonyl (C=O) groups excluding carboxylic acids is 1. The van der Waals surface area contributed by atoms with Crippen LogP contribution < -0.4 is 10.1 Å². The standard InChI is InChI=1S/C23H28N4O3S/c1-5-16-6-8-17(9-7-16)20(27(2)3)14-24-21(28)15-31-23-26-25-22(30-23)18-10-12-19(29-4)13-11-18/h6-13,20H,5,14-15H2,1-4H3,(H,24,28). The van der Waals surface area contributed by atoms with Gasteiger partial charge in [0.1, 0.15) is 5.75 Å². The van der Waals surface area contributed by atoms with Crippen molar-refractivity contribution in [3.05, 3.63) is 59.7 Å². The molecule has 164 valence electrons. The van der Waals surface area contributed by atoms with Gasteiger partial charge >= 0.3 is 0 Å². The van der Waals surface area contributed by atoms with Crippen molar-refractivity contribution in [3.63, 3.8) is 0 Å². The molecule has 1 heterocycles. The smallest absolute Gasteiger partial charge is 0.277 e. The molecule has 2 aromatic carbocycles. The molecule has 0 aliphatic rings. The maximum atomic E-state index is 12.4. The molecular formula is C23H28N4O3S. The maximum Gasteiger partial charge on any atom is 0.277 e. The van der Waals surface area contributed by atoms with Gasteiger partial charge in [-0.3, -0.25) is 4.79 Å². The SMILES string of the molecule is CCc1ccc(C(CNC(=O)CSc2nnc(-c3ccc(OC)cc3)o2)N(C)C)cc1. The number of methoxy groups -OCH3 is 1. The molecule has 1 N–H and O–H groups in total. The van der Waals surface area contributed by atoms with Crippen molar-refractivity contribution in [3.8, 4) is 17.2 Å². The minimum absolute atomic E-state index is 0.0776. The van der Waals surface area contributed by atoms with E-state index in [1.807, 2.05) is 38.4 Å². The van der Waals surface area contributed by atoms with Crippen molar-refractivity contribution in [1.29, 1.82) is 0 Å². The summed E-state index contributed by atoms with van der Waals surface area (Å²) in [4.78, 5) is 14.5. The van der Waals surface area contributed by atoms with E-state index in [1.54, 1.807) is 7.11 Å². The van der Waals surface area contributed by atoms with E-state index in [0.29, 0.717) is 17.7 Å². The first kappa shape index (κ1) is 22.8. The molecule has 0 saturated heterocycles. The Labute approximate surface area is 187 Å². The first-order valence-corrected chi connectivity index (χ1v) is 11.1. The van der Waals surface area contributed by atoms with Crippen molar-refractivity contribution in [2.45, 2.75) is 24.6 Å². The minimum Gasteiger partial charge on any atom is -0.497 e. The second-order valence-corrected chi connectivity index (χ2v) is 8.20. The summed E-state index contributed by atoms with van der Waals surface area (Å²) in [5, 5.41) is 11.4. The highest BCUT2D eigenvalue weighted by atomic mass is 32.2. The summed E-state index contributed by atoms with van der Waals surface area (Å²) in [6, 6.07) is 16.0. The van der Waals surface area contributed by atoms with Gasteiger partial charge in [0.15, 0.2) is 0 Å². The molecule has 0 saturated carbocycles. The zero-order valence-electron chi connectivity index (χ0n) is 18.3. The summed E-state index contributed by atoms with van der Waals surface area (Å²) < 4.78 is 10.8. The van der Waals surface area contributed by atoms with Crippen LogP contribution in [-0.2, 0) is 11.2 Å². The normalized spacial score (nSPS) is 12.0. The van der Waals surface area contributed by atoms with Gasteiger partial charge in [-0.1, -0.05) is 43.0 Å². The van der Waals surface area contributed by atoms with Gasteiger partial charge < -0.3 is 19.4 Å². The van der Waals surface area contributed by atoms with Crippen LogP contribution in [0.4, 0.5) is 0 Å². The number of nitrogens with one attached hydrogen (secondary N) is 1. The lowest BCUT2D eigenvalue weighted by Crippen LogP contribution is -2.35. The number of thioether (sulfide) groups is 1. The van der Waals surface area contributed by atoms with Crippen LogP contribution in [-0.4, -0.2) is 54.5 Å². The van der Waals surface area contributed by atoms with E-state index < -0.39 is 0 Å². The lowest BCUT2D eigenvalue weighted by molar-refractivity contribution is -0.118. The number of amides is 1. The maximum absolute atomic E-state index is 12.4. The lowest BCUT2D eigenvalue weighted by atomic mass is 10.0. The Balaban J connectivity index is 1.51. The Morgan fingerprint density at radius 1 is 1.13 bits per heavy atom. The van der Waals surface area contributed by atoms with E-state index in [-0.39, 0.29) is 17.7 Å². The van der Waals surface area contributed by atoms with Crippen molar-refractivity contribution in [2.24, 2.45) is 0 Å². The molecule has 1 unspecified atom stereocenters. The number of hydrogen-bond donors (Lipinski definition) is 1. The van der Waals surface area contributed by atoms with E-state index in [1.165, 1.54) is 22.9 Å². The monoisotopic (exact) mass is 440 g/mol. The van der Waals surface area contributed by atoms with Crippen molar-refractivity contribution < 1.29 is 13.9 Å². The number of likely N-dealkylation sites (N-methyl/N-ethyl adjacent to an activating group) is 1. The Bertz CT molecular complexity index is 971. The molecule has 7 nitrogen and oxygen atoms in total. The number of ether oxygens (including phenoxy) is 1. The molecule has 0 bridgehead atoms. The summed E-state index contributed by atoms with van der Waals surface area (Å²) in [6.45, 7) is 2.67. The third kappa shape index (κ3) is 6.32. The molecule has 0 spiro atoms. The van der Waals surface area contributed by atoms with Gasteiger partial charge in [0, 0.05) is 12.1 Å². The number of rotatable bonds is 10. The summed E-state index contributed by atoms with van der Waals surface area (Å²) >= 11 is 1.22. The van der Waals surface area contributed by atoms with Crippen LogP contribution in [0.15, 0.2) is 58.2 Å². The predicted molar refractivity (Wildman–Crippen MR) is 122 cm³/mol. The summed E-state index contributed by atoms with van der Waals surface area (Å²) in [5.41, 5.74) is 3.28. The molecule has 0 aliphatic carbocycles. The highest BCUT2D eigenvalue weighted by Gasteiger charge is 2.16. The van der Waals surface area contributed by atoms with Crippen molar-refractivity contribution in [2.75, 3.05) is 33.5 Å². The summed E-state index contributed by atoms with van der Waals surface area (Å²) in [7, 11) is 5.64. The van der Waals surface area contributed by atoms with Crippen LogP contribution in [0.5, 0.6) is 5.75 Å². The lowest BCUT2D eigenvalue weighted by Gasteiger charge is -2.25. The zero-order chi connectivity index (χ0) is 22.2. The van der Waals surface area contributed by atoms with E-state index >= 15 is 0 Å². The topological polar surface area (TPSA) is 80.5 Å². The van der Waals surface area contributed by atoms with E-state index in [0.717, 1.165) is 17.7 Å². The fraction of sp³-hybridized carbons (Fsp3) is 0.348. The molecular weight excluding hydrogens is 412 g/mol. The third-order valence-corrected chi connectivity index (χ3v) is 5.78. The second-order valence-electron chi connectivity index (χ2n) is 7.27. The minimum atomic E-state index is -0.0776. The number of aryl methyl sites for hydroxylation is 1. The van der Waals surface area contributed by atoms with Gasteiger partial charge in [-0.2, -0.15) is 0 Å². The number of carbonyl (C=O) groups is 1. The average molecular weight is 441 g/mol. The molecule has 1 atom stereocenters. The Kier molecular flexibility index (Phi) is 8.08. The zero-order valence-corrected chi connectivity index (χ0v) is 19.1. The van der Waals surface area contributed by atoms with Gasteiger partial charge in [-0.25, -0.2) is 0 Å². The van der Waals surface area contributed by atoms with Crippen LogP contribution in [0.3, 0.4) is 0 Å². The molecule has 0 aliphatic heterocycles. The number of aromatic nitrogens is 2. The fourth-order valence-corrected chi connectivity index (χ4v) is 3.67. The van der Waals surface area contributed by atoms with Crippen LogP contribution in [0.25, 0.3) is 11.5 Å². The van der Waals surface area contributed by atoms with Gasteiger partial charge in [-0.05, 0) is 55.9 Å². The average Bonchev–Trinajstić information content (AvgIpc) is 3.27. The molecule has 8 heteroatoms. The molecule has 1 amide bonds.